The summed E-state index contributed by atoms with van der Waals surface area (Å²) in [6, 6.07) is 9.56. The molecule has 1 aromatic rings. The molecule has 0 heterocycles. The van der Waals surface area contributed by atoms with Gasteiger partial charge in [0.15, 0.2) is 6.10 Å². The maximum atomic E-state index is 9.31. The van der Waals surface area contributed by atoms with Crippen molar-refractivity contribution in [1.82, 2.24) is 0 Å². The van der Waals surface area contributed by atoms with Gasteiger partial charge in [-0.05, 0) is 25.0 Å². The Bertz CT molecular complexity index is 646. The number of unbranched alkanes of at least 4 members (excludes halogenated alkanes) is 2. The number of rotatable bonds is 10. The molecule has 0 saturated carbocycles. The fourth-order valence-electron chi connectivity index (χ4n) is 2.32. The summed E-state index contributed by atoms with van der Waals surface area (Å²) in [5.74, 6) is 1.87. The molecule has 5 nitrogen and oxygen atoms in total. The first-order chi connectivity index (χ1) is 12.3. The van der Waals surface area contributed by atoms with Crippen LogP contribution in [0.4, 0.5) is 0 Å². The SMILES string of the molecule is CCCCOC1=CC(Oc2ccccc2)C(OCCCC)=CC1=[N+]=[N-]. The van der Waals surface area contributed by atoms with Crippen LogP contribution in [0.25, 0.3) is 5.53 Å². The maximum Gasteiger partial charge on any atom is 0.360 e. The van der Waals surface area contributed by atoms with Gasteiger partial charge in [0.25, 0.3) is 0 Å². The monoisotopic (exact) mass is 342 g/mol. The number of hydrogen-bond acceptors (Lipinski definition) is 3. The zero-order valence-corrected chi connectivity index (χ0v) is 15.0. The van der Waals surface area contributed by atoms with Gasteiger partial charge < -0.3 is 19.7 Å². The smallest absolute Gasteiger partial charge is 0.360 e. The Labute approximate surface area is 149 Å². The Morgan fingerprint density at radius 3 is 2.32 bits per heavy atom. The highest BCUT2D eigenvalue weighted by molar-refractivity contribution is 6.04. The molecule has 1 aliphatic carbocycles. The number of ether oxygens (including phenoxy) is 3. The minimum Gasteiger partial charge on any atom is -0.493 e. The lowest BCUT2D eigenvalue weighted by Crippen LogP contribution is -2.26. The van der Waals surface area contributed by atoms with Gasteiger partial charge in [-0.15, -0.1) is 0 Å². The summed E-state index contributed by atoms with van der Waals surface area (Å²) < 4.78 is 17.7. The van der Waals surface area contributed by atoms with Crippen LogP contribution in [-0.2, 0) is 9.47 Å². The van der Waals surface area contributed by atoms with Gasteiger partial charge in [-0.2, -0.15) is 4.79 Å². The molecule has 0 N–H and O–H groups in total. The van der Waals surface area contributed by atoms with Crippen LogP contribution >= 0.6 is 0 Å². The van der Waals surface area contributed by atoms with Gasteiger partial charge in [0, 0.05) is 6.08 Å². The van der Waals surface area contributed by atoms with E-state index < -0.39 is 6.10 Å². The topological polar surface area (TPSA) is 64.1 Å². The van der Waals surface area contributed by atoms with Crippen molar-refractivity contribution in [2.24, 2.45) is 0 Å². The molecule has 25 heavy (non-hydrogen) atoms. The van der Waals surface area contributed by atoms with E-state index in [1.807, 2.05) is 30.3 Å². The third-order valence-corrected chi connectivity index (χ3v) is 3.75. The largest absolute Gasteiger partial charge is 0.493 e. The molecular weight excluding hydrogens is 316 g/mol. The van der Waals surface area contributed by atoms with Crippen molar-refractivity contribution in [1.29, 1.82) is 0 Å². The highest BCUT2D eigenvalue weighted by Crippen LogP contribution is 2.23. The average Bonchev–Trinajstić information content (AvgIpc) is 2.64. The predicted molar refractivity (Wildman–Crippen MR) is 97.4 cm³/mol. The standard InChI is InChI=1S/C20H26N2O3/c1-3-5-12-23-18-15-20(25-16-10-8-7-9-11-16)19(14-17(18)22-21)24-13-6-4-2/h7-11,14-15,20H,3-6,12-13H2,1-2H3. The normalized spacial score (nSPS) is 16.6. The van der Waals surface area contributed by atoms with Crippen LogP contribution in [0.15, 0.2) is 54.0 Å². The van der Waals surface area contributed by atoms with Gasteiger partial charge in [-0.1, -0.05) is 44.9 Å². The minimum absolute atomic E-state index is 0.357. The molecule has 0 amide bonds. The first kappa shape index (κ1) is 18.8. The number of para-hydroxylation sites is 1. The van der Waals surface area contributed by atoms with Gasteiger partial charge in [-0.25, -0.2) is 0 Å². The molecule has 2 rings (SSSR count). The van der Waals surface area contributed by atoms with Gasteiger partial charge in [-0.3, -0.25) is 0 Å². The Balaban J connectivity index is 2.18. The van der Waals surface area contributed by atoms with Crippen molar-refractivity contribution in [3.05, 3.63) is 59.5 Å². The van der Waals surface area contributed by atoms with Crippen molar-refractivity contribution in [3.63, 3.8) is 0 Å². The summed E-state index contributed by atoms with van der Waals surface area (Å²) in [5.41, 5.74) is 9.67. The van der Waals surface area contributed by atoms with Gasteiger partial charge >= 0.3 is 5.71 Å². The van der Waals surface area contributed by atoms with E-state index in [-0.39, 0.29) is 0 Å². The van der Waals surface area contributed by atoms with Crippen LogP contribution in [0.3, 0.4) is 0 Å². The summed E-state index contributed by atoms with van der Waals surface area (Å²) in [7, 11) is 0. The first-order valence-electron chi connectivity index (χ1n) is 8.91. The number of allylic oxidation sites excluding steroid dienone is 1. The predicted octanol–water partition coefficient (Wildman–Crippen LogP) is 4.52. The van der Waals surface area contributed by atoms with E-state index in [1.165, 1.54) is 0 Å². The molecule has 1 aromatic carbocycles. The number of benzene rings is 1. The molecular formula is C20H26N2O3. The van der Waals surface area contributed by atoms with Crippen LogP contribution in [-0.4, -0.2) is 29.8 Å². The molecule has 0 fully saturated rings. The van der Waals surface area contributed by atoms with Crippen molar-refractivity contribution in [2.75, 3.05) is 13.2 Å². The van der Waals surface area contributed by atoms with Crippen LogP contribution in [0, 0.1) is 0 Å². The second-order valence-electron chi connectivity index (χ2n) is 5.82. The summed E-state index contributed by atoms with van der Waals surface area (Å²) in [4.78, 5) is 3.34. The van der Waals surface area contributed by atoms with Crippen molar-refractivity contribution >= 4 is 5.71 Å². The Kier molecular flexibility index (Phi) is 7.80. The molecule has 0 aliphatic heterocycles. The molecule has 0 spiro atoms. The van der Waals surface area contributed by atoms with Crippen LogP contribution in [0.1, 0.15) is 39.5 Å². The number of hydrogen-bond donors (Lipinski definition) is 0. The van der Waals surface area contributed by atoms with E-state index in [9.17, 15) is 5.53 Å². The lowest BCUT2D eigenvalue weighted by atomic mass is 10.1. The second-order valence-corrected chi connectivity index (χ2v) is 5.82. The van der Waals surface area contributed by atoms with Crippen molar-refractivity contribution in [2.45, 2.75) is 45.6 Å². The average molecular weight is 342 g/mol. The van der Waals surface area contributed by atoms with E-state index in [1.54, 1.807) is 12.2 Å². The zero-order valence-electron chi connectivity index (χ0n) is 15.0. The van der Waals surface area contributed by atoms with Crippen molar-refractivity contribution < 1.29 is 19.0 Å². The quantitative estimate of drug-likeness (QED) is 0.357. The minimum atomic E-state index is -0.415. The molecule has 0 aromatic heterocycles. The summed E-state index contributed by atoms with van der Waals surface area (Å²) in [5, 5.41) is 0. The van der Waals surface area contributed by atoms with E-state index in [0.717, 1.165) is 31.4 Å². The third-order valence-electron chi connectivity index (χ3n) is 3.75. The van der Waals surface area contributed by atoms with E-state index in [4.69, 9.17) is 14.2 Å². The second kappa shape index (κ2) is 10.4. The van der Waals surface area contributed by atoms with Gasteiger partial charge in [0.1, 0.15) is 11.5 Å². The lowest BCUT2D eigenvalue weighted by Gasteiger charge is -2.23. The summed E-state index contributed by atoms with van der Waals surface area (Å²) in [6.45, 7) is 5.37. The Morgan fingerprint density at radius 2 is 1.68 bits per heavy atom. The van der Waals surface area contributed by atoms with Gasteiger partial charge in [0.05, 0.1) is 19.3 Å². The number of nitrogens with zero attached hydrogens (tertiary/aromatic N) is 2. The Hall–Kier alpha value is -2.52. The van der Waals surface area contributed by atoms with Crippen LogP contribution in [0.2, 0.25) is 0 Å². The highest BCUT2D eigenvalue weighted by Gasteiger charge is 2.30. The summed E-state index contributed by atoms with van der Waals surface area (Å²) in [6.07, 6.45) is 7.03. The summed E-state index contributed by atoms with van der Waals surface area (Å²) >= 11 is 0. The van der Waals surface area contributed by atoms with E-state index in [2.05, 4.69) is 18.6 Å². The van der Waals surface area contributed by atoms with Crippen LogP contribution in [0.5, 0.6) is 5.75 Å². The maximum absolute atomic E-state index is 9.31. The van der Waals surface area contributed by atoms with Crippen LogP contribution < -0.4 is 4.74 Å². The molecule has 0 saturated heterocycles. The van der Waals surface area contributed by atoms with Gasteiger partial charge in [0.2, 0.25) is 5.76 Å². The Morgan fingerprint density at radius 1 is 1.00 bits per heavy atom. The lowest BCUT2D eigenvalue weighted by molar-refractivity contribution is -0.00947. The zero-order chi connectivity index (χ0) is 17.9. The molecule has 134 valence electrons. The molecule has 0 radical (unpaired) electrons. The molecule has 1 aliphatic rings. The van der Waals surface area contributed by atoms with E-state index in [0.29, 0.717) is 30.4 Å². The van der Waals surface area contributed by atoms with E-state index >= 15 is 0 Å². The molecule has 5 heteroatoms. The highest BCUT2D eigenvalue weighted by atomic mass is 16.5. The third kappa shape index (κ3) is 5.80. The molecule has 1 unspecified atom stereocenters. The van der Waals surface area contributed by atoms with Crippen molar-refractivity contribution in [3.8, 4) is 5.75 Å². The molecule has 1 atom stereocenters. The molecule has 0 bridgehead atoms. The fraction of sp³-hybridized carbons (Fsp3) is 0.450. The fourth-order valence-corrected chi connectivity index (χ4v) is 2.32. The first-order valence-corrected chi connectivity index (χ1v) is 8.91.